The summed E-state index contributed by atoms with van der Waals surface area (Å²) in [5, 5.41) is 3.25. The van der Waals surface area contributed by atoms with Crippen molar-refractivity contribution in [2.75, 3.05) is 0 Å². The maximum absolute atomic E-state index is 12.9. The van der Waals surface area contributed by atoms with Gasteiger partial charge in [-0.15, -0.1) is 0 Å². The second-order valence-electron chi connectivity index (χ2n) is 5.89. The van der Waals surface area contributed by atoms with E-state index in [4.69, 9.17) is 11.6 Å². The molecule has 0 spiro atoms. The van der Waals surface area contributed by atoms with Gasteiger partial charge < -0.3 is 9.47 Å². The van der Waals surface area contributed by atoms with E-state index < -0.39 is 34.8 Å². The van der Waals surface area contributed by atoms with Crippen LogP contribution in [0.2, 0.25) is 5.02 Å². The third-order valence-corrected chi connectivity index (χ3v) is 4.92. The van der Waals surface area contributed by atoms with Crippen molar-refractivity contribution in [3.05, 3.63) is 55.6 Å². The van der Waals surface area contributed by atoms with Crippen LogP contribution in [-0.4, -0.2) is 21.4 Å². The van der Waals surface area contributed by atoms with Gasteiger partial charge in [0.25, 0.3) is 5.56 Å². The molecule has 1 aliphatic carbocycles. The highest BCUT2D eigenvalue weighted by atomic mass is 35.5. The first kappa shape index (κ1) is 18.0. The number of pyridine rings is 1. The van der Waals surface area contributed by atoms with Crippen molar-refractivity contribution in [3.8, 4) is 0 Å². The molecule has 134 valence electrons. The fraction of sp³-hybridized carbons (Fsp3) is 0.375. The van der Waals surface area contributed by atoms with E-state index in [1.165, 1.54) is 11.3 Å². The van der Waals surface area contributed by atoms with Gasteiger partial charge in [0.05, 0.1) is 5.56 Å². The third-order valence-electron chi connectivity index (χ3n) is 3.92. The van der Waals surface area contributed by atoms with Crippen LogP contribution in [0.15, 0.2) is 33.9 Å². The normalized spacial score (nSPS) is 14.6. The zero-order valence-corrected chi connectivity index (χ0v) is 14.5. The van der Waals surface area contributed by atoms with Crippen molar-refractivity contribution >= 4 is 28.8 Å². The van der Waals surface area contributed by atoms with E-state index in [1.807, 2.05) is 16.8 Å². The third kappa shape index (κ3) is 4.24. The predicted octanol–water partition coefficient (Wildman–Crippen LogP) is 3.77. The molecule has 0 aliphatic heterocycles. The molecular formula is C16H14ClF3N2O2S. The van der Waals surface area contributed by atoms with E-state index in [0.717, 1.165) is 23.0 Å². The Labute approximate surface area is 150 Å². The van der Waals surface area contributed by atoms with Crippen LogP contribution in [0.1, 0.15) is 24.0 Å². The number of carbonyl (C=O) groups excluding carboxylic acids is 1. The molecule has 2 aromatic rings. The largest absolute Gasteiger partial charge is 0.417 e. The van der Waals surface area contributed by atoms with Crippen LogP contribution in [0, 0.1) is 0 Å². The zero-order valence-electron chi connectivity index (χ0n) is 12.9. The summed E-state index contributed by atoms with van der Waals surface area (Å²) in [6.07, 6.45) is -2.29. The SMILES string of the molecule is O=C(Cn1cc(C(F)(F)F)cc(Cl)c1=O)N(Cc1ccsc1)C1CC1. The lowest BCUT2D eigenvalue weighted by atomic mass is 10.2. The molecule has 0 aromatic carbocycles. The molecule has 2 heterocycles. The number of nitrogens with zero attached hydrogens (tertiary/aromatic N) is 2. The lowest BCUT2D eigenvalue weighted by molar-refractivity contribution is -0.139. The molecule has 0 N–H and O–H groups in total. The van der Waals surface area contributed by atoms with E-state index in [9.17, 15) is 22.8 Å². The summed E-state index contributed by atoms with van der Waals surface area (Å²) in [6.45, 7) is -0.0858. The molecule has 0 saturated heterocycles. The Morgan fingerprint density at radius 3 is 2.68 bits per heavy atom. The predicted molar refractivity (Wildman–Crippen MR) is 88.6 cm³/mol. The van der Waals surface area contributed by atoms with E-state index in [2.05, 4.69) is 0 Å². The van der Waals surface area contributed by atoms with Gasteiger partial charge in [-0.05, 0) is 41.3 Å². The number of hydrogen-bond donors (Lipinski definition) is 0. The van der Waals surface area contributed by atoms with Gasteiger partial charge in [-0.3, -0.25) is 9.59 Å². The minimum absolute atomic E-state index is 0.0735. The summed E-state index contributed by atoms with van der Waals surface area (Å²) in [5.74, 6) is -0.397. The van der Waals surface area contributed by atoms with E-state index in [-0.39, 0.29) is 6.04 Å². The van der Waals surface area contributed by atoms with E-state index in [0.29, 0.717) is 18.8 Å². The Bertz CT molecular complexity index is 829. The molecule has 9 heteroatoms. The average molecular weight is 391 g/mol. The fourth-order valence-corrected chi connectivity index (χ4v) is 3.38. The average Bonchev–Trinajstić information content (AvgIpc) is 3.24. The van der Waals surface area contributed by atoms with Gasteiger partial charge >= 0.3 is 6.18 Å². The van der Waals surface area contributed by atoms with Crippen LogP contribution in [0.4, 0.5) is 13.2 Å². The monoisotopic (exact) mass is 390 g/mol. The summed E-state index contributed by atoms with van der Waals surface area (Å²) in [4.78, 5) is 26.2. The molecule has 1 amide bonds. The summed E-state index contributed by atoms with van der Waals surface area (Å²) in [5.41, 5.74) is -0.908. The number of thiophene rings is 1. The molecule has 0 atom stereocenters. The minimum Gasteiger partial charge on any atom is -0.334 e. The van der Waals surface area contributed by atoms with E-state index >= 15 is 0 Å². The van der Waals surface area contributed by atoms with Crippen molar-refractivity contribution < 1.29 is 18.0 Å². The second-order valence-corrected chi connectivity index (χ2v) is 7.08. The molecule has 3 rings (SSSR count). The smallest absolute Gasteiger partial charge is 0.334 e. The van der Waals surface area contributed by atoms with Gasteiger partial charge in [-0.25, -0.2) is 0 Å². The van der Waals surface area contributed by atoms with Gasteiger partial charge in [-0.2, -0.15) is 24.5 Å². The van der Waals surface area contributed by atoms with Gasteiger partial charge in [0, 0.05) is 18.8 Å². The summed E-state index contributed by atoms with van der Waals surface area (Å²) in [7, 11) is 0. The molecule has 0 bridgehead atoms. The molecule has 0 unspecified atom stereocenters. The Hall–Kier alpha value is -1.80. The van der Waals surface area contributed by atoms with Crippen molar-refractivity contribution in [2.24, 2.45) is 0 Å². The first-order valence-electron chi connectivity index (χ1n) is 7.53. The van der Waals surface area contributed by atoms with Crippen molar-refractivity contribution in [1.29, 1.82) is 0 Å². The summed E-state index contributed by atoms with van der Waals surface area (Å²) in [6, 6.07) is 2.54. The first-order chi connectivity index (χ1) is 11.8. The van der Waals surface area contributed by atoms with Gasteiger partial charge in [0.1, 0.15) is 11.6 Å². The van der Waals surface area contributed by atoms with E-state index in [1.54, 1.807) is 4.90 Å². The number of aromatic nitrogens is 1. The molecule has 1 fully saturated rings. The molecule has 4 nitrogen and oxygen atoms in total. The summed E-state index contributed by atoms with van der Waals surface area (Å²) < 4.78 is 39.4. The van der Waals surface area contributed by atoms with Crippen molar-refractivity contribution in [2.45, 2.75) is 38.1 Å². The Morgan fingerprint density at radius 1 is 1.40 bits per heavy atom. The van der Waals surface area contributed by atoms with Gasteiger partial charge in [0.2, 0.25) is 5.91 Å². The minimum atomic E-state index is -4.64. The van der Waals surface area contributed by atoms with Crippen LogP contribution in [0.3, 0.4) is 0 Å². The maximum Gasteiger partial charge on any atom is 0.417 e. The van der Waals surface area contributed by atoms with Crippen LogP contribution in [0.5, 0.6) is 0 Å². The zero-order chi connectivity index (χ0) is 18.2. The van der Waals surface area contributed by atoms with Crippen LogP contribution in [-0.2, 0) is 24.1 Å². The Balaban J connectivity index is 1.84. The molecule has 1 aliphatic rings. The van der Waals surface area contributed by atoms with Crippen LogP contribution < -0.4 is 5.56 Å². The van der Waals surface area contributed by atoms with Crippen molar-refractivity contribution in [1.82, 2.24) is 9.47 Å². The molecule has 2 aromatic heterocycles. The lowest BCUT2D eigenvalue weighted by Crippen LogP contribution is -2.37. The quantitative estimate of drug-likeness (QED) is 0.779. The van der Waals surface area contributed by atoms with Crippen LogP contribution >= 0.6 is 22.9 Å². The topological polar surface area (TPSA) is 42.3 Å². The molecule has 0 radical (unpaired) electrons. The molecular weight excluding hydrogens is 377 g/mol. The van der Waals surface area contributed by atoms with Gasteiger partial charge in [-0.1, -0.05) is 11.6 Å². The highest BCUT2D eigenvalue weighted by Crippen LogP contribution is 2.31. The Morgan fingerprint density at radius 2 is 2.12 bits per heavy atom. The number of rotatable bonds is 5. The first-order valence-corrected chi connectivity index (χ1v) is 8.85. The Kier molecular flexibility index (Phi) is 4.92. The fourth-order valence-electron chi connectivity index (χ4n) is 2.49. The lowest BCUT2D eigenvalue weighted by Gasteiger charge is -2.23. The van der Waals surface area contributed by atoms with Crippen LogP contribution in [0.25, 0.3) is 0 Å². The number of carbonyl (C=O) groups is 1. The number of amides is 1. The van der Waals surface area contributed by atoms with Crippen molar-refractivity contribution in [3.63, 3.8) is 0 Å². The number of hydrogen-bond acceptors (Lipinski definition) is 3. The highest BCUT2D eigenvalue weighted by molar-refractivity contribution is 7.07. The summed E-state index contributed by atoms with van der Waals surface area (Å²) >= 11 is 7.12. The molecule has 25 heavy (non-hydrogen) atoms. The number of halogens is 4. The second kappa shape index (κ2) is 6.84. The maximum atomic E-state index is 12.9. The number of alkyl halides is 3. The molecule has 1 saturated carbocycles. The van der Waals surface area contributed by atoms with Gasteiger partial charge in [0.15, 0.2) is 0 Å². The highest BCUT2D eigenvalue weighted by Gasteiger charge is 2.34. The standard InChI is InChI=1S/C16H14ClF3N2O2S/c17-13-5-11(16(18,19)20)7-21(15(13)24)8-14(23)22(12-1-2-12)6-10-3-4-25-9-10/h3-5,7,9,12H,1-2,6,8H2.